The van der Waals surface area contributed by atoms with Crippen LogP contribution in [0.25, 0.3) is 0 Å². The molecule has 1 N–H and O–H groups in total. The molecule has 1 spiro atoms. The van der Waals surface area contributed by atoms with Crippen molar-refractivity contribution in [3.63, 3.8) is 0 Å². The number of nitrogens with zero attached hydrogens (tertiary/aromatic N) is 2. The van der Waals surface area contributed by atoms with Crippen LogP contribution in [0.1, 0.15) is 51.4 Å². The normalized spacial score (nSPS) is 45.2. The highest BCUT2D eigenvalue weighted by atomic mass is 127. The maximum Gasteiger partial charge on any atom is 0.193 e. The van der Waals surface area contributed by atoms with Crippen molar-refractivity contribution in [3.8, 4) is 0 Å². The summed E-state index contributed by atoms with van der Waals surface area (Å²) in [7, 11) is 1.96. The Labute approximate surface area is 169 Å². The van der Waals surface area contributed by atoms with Crippen LogP contribution in [-0.2, 0) is 4.74 Å². The molecule has 0 aromatic carbocycles. The minimum absolute atomic E-state index is 0. The van der Waals surface area contributed by atoms with Crippen LogP contribution >= 0.6 is 24.0 Å². The lowest BCUT2D eigenvalue weighted by Gasteiger charge is -2.57. The van der Waals surface area contributed by atoms with E-state index in [0.717, 1.165) is 56.6 Å². The Bertz CT molecular complexity index is 494. The number of hydrogen-bond donors (Lipinski definition) is 1. The van der Waals surface area contributed by atoms with E-state index in [-0.39, 0.29) is 24.0 Å². The molecule has 6 rings (SSSR count). The molecule has 5 heteroatoms. The van der Waals surface area contributed by atoms with E-state index < -0.39 is 0 Å². The van der Waals surface area contributed by atoms with Gasteiger partial charge in [0.2, 0.25) is 0 Å². The summed E-state index contributed by atoms with van der Waals surface area (Å²) in [5.41, 5.74) is 0.997. The van der Waals surface area contributed by atoms with Crippen LogP contribution in [-0.4, -0.2) is 50.8 Å². The fourth-order valence-corrected chi connectivity index (χ4v) is 7.19. The number of guanidine groups is 1. The Kier molecular flexibility index (Phi) is 5.02. The summed E-state index contributed by atoms with van der Waals surface area (Å²) in [6.45, 7) is 5.34. The maximum atomic E-state index is 5.68. The van der Waals surface area contributed by atoms with Gasteiger partial charge >= 0.3 is 0 Å². The molecule has 0 amide bonds. The van der Waals surface area contributed by atoms with Crippen LogP contribution in [0.3, 0.4) is 0 Å². The Morgan fingerprint density at radius 3 is 2.36 bits per heavy atom. The molecule has 2 aliphatic heterocycles. The van der Waals surface area contributed by atoms with Crippen LogP contribution in [0.5, 0.6) is 0 Å². The van der Waals surface area contributed by atoms with Gasteiger partial charge < -0.3 is 15.0 Å². The van der Waals surface area contributed by atoms with Gasteiger partial charge in [0.15, 0.2) is 5.96 Å². The molecule has 6 fully saturated rings. The van der Waals surface area contributed by atoms with Crippen LogP contribution in [0.2, 0.25) is 0 Å². The second-order valence-electron chi connectivity index (χ2n) is 9.79. The predicted molar refractivity (Wildman–Crippen MR) is 111 cm³/mol. The van der Waals surface area contributed by atoms with Gasteiger partial charge in [-0.2, -0.15) is 0 Å². The zero-order chi connectivity index (χ0) is 16.2. The molecule has 25 heavy (non-hydrogen) atoms. The Morgan fingerprint density at radius 2 is 1.80 bits per heavy atom. The Hall–Kier alpha value is -0.0400. The Morgan fingerprint density at radius 1 is 1.12 bits per heavy atom. The summed E-state index contributed by atoms with van der Waals surface area (Å²) >= 11 is 0. The SMILES string of the molecule is CN=C(NCC12CC3CC(CC(C3)C1)C2)N1CCC2(CCOC2)C1.I. The highest BCUT2D eigenvalue weighted by molar-refractivity contribution is 14.0. The second kappa shape index (κ2) is 6.84. The molecule has 1 atom stereocenters. The number of nitrogens with one attached hydrogen (secondary N) is 1. The van der Waals surface area contributed by atoms with E-state index in [1.54, 1.807) is 0 Å². The summed E-state index contributed by atoms with van der Waals surface area (Å²) in [6, 6.07) is 0. The van der Waals surface area contributed by atoms with Crippen LogP contribution in [0.4, 0.5) is 0 Å². The largest absolute Gasteiger partial charge is 0.381 e. The molecular formula is C20H34IN3O. The van der Waals surface area contributed by atoms with Gasteiger partial charge in [-0.25, -0.2) is 0 Å². The fourth-order valence-electron chi connectivity index (χ4n) is 7.19. The monoisotopic (exact) mass is 459 g/mol. The van der Waals surface area contributed by atoms with Crippen molar-refractivity contribution in [2.75, 3.05) is 39.9 Å². The lowest BCUT2D eigenvalue weighted by Crippen LogP contribution is -2.53. The standard InChI is InChI=1S/C20H33N3O.HI/c1-21-18(23-4-2-19(13-23)3-5-24-14-19)22-12-20-9-15-6-16(10-20)8-17(7-15)11-20;/h15-17H,2-14H2,1H3,(H,21,22);1H. The van der Waals surface area contributed by atoms with Gasteiger partial charge in [0.1, 0.15) is 0 Å². The van der Waals surface area contributed by atoms with E-state index in [1.165, 1.54) is 51.4 Å². The Balaban J connectivity index is 0.00000157. The average molecular weight is 459 g/mol. The van der Waals surface area contributed by atoms with Crippen LogP contribution < -0.4 is 5.32 Å². The van der Waals surface area contributed by atoms with Crippen molar-refractivity contribution in [2.45, 2.75) is 51.4 Å². The van der Waals surface area contributed by atoms with E-state index in [9.17, 15) is 0 Å². The zero-order valence-corrected chi connectivity index (χ0v) is 18.0. The molecule has 0 radical (unpaired) electrons. The number of ether oxygens (including phenoxy) is 1. The predicted octanol–water partition coefficient (Wildman–Crippen LogP) is 3.51. The van der Waals surface area contributed by atoms with Gasteiger partial charge in [-0.15, -0.1) is 24.0 Å². The van der Waals surface area contributed by atoms with E-state index in [1.807, 2.05) is 7.05 Å². The first kappa shape index (κ1) is 18.3. The van der Waals surface area contributed by atoms with Gasteiger partial charge in [-0.05, 0) is 74.5 Å². The molecule has 4 nitrogen and oxygen atoms in total. The smallest absolute Gasteiger partial charge is 0.193 e. The summed E-state index contributed by atoms with van der Waals surface area (Å²) in [6.07, 6.45) is 11.5. The van der Waals surface area contributed by atoms with Gasteiger partial charge in [0.25, 0.3) is 0 Å². The second-order valence-corrected chi connectivity index (χ2v) is 9.79. The van der Waals surface area contributed by atoms with Crippen molar-refractivity contribution >= 4 is 29.9 Å². The topological polar surface area (TPSA) is 36.9 Å². The first-order chi connectivity index (χ1) is 11.7. The van der Waals surface area contributed by atoms with E-state index in [0.29, 0.717) is 10.8 Å². The molecule has 2 heterocycles. The number of rotatable bonds is 2. The van der Waals surface area contributed by atoms with Gasteiger partial charge in [0, 0.05) is 38.7 Å². The highest BCUT2D eigenvalue weighted by Crippen LogP contribution is 2.59. The molecular weight excluding hydrogens is 425 g/mol. The molecule has 0 aromatic heterocycles. The van der Waals surface area contributed by atoms with Gasteiger partial charge in [-0.1, -0.05) is 0 Å². The molecule has 6 aliphatic rings. The molecule has 4 saturated carbocycles. The number of aliphatic imine (C=N–C) groups is 1. The molecule has 0 aromatic rings. The number of hydrogen-bond acceptors (Lipinski definition) is 2. The number of halogens is 1. The van der Waals surface area contributed by atoms with Crippen LogP contribution in [0, 0.1) is 28.6 Å². The number of likely N-dealkylation sites (tertiary alicyclic amines) is 1. The van der Waals surface area contributed by atoms with Gasteiger partial charge in [-0.3, -0.25) is 4.99 Å². The fraction of sp³-hybridized carbons (Fsp3) is 0.950. The third kappa shape index (κ3) is 3.32. The van der Waals surface area contributed by atoms with Crippen molar-refractivity contribution in [1.82, 2.24) is 10.2 Å². The van der Waals surface area contributed by atoms with E-state index in [4.69, 9.17) is 4.74 Å². The third-order valence-electron chi connectivity index (χ3n) is 7.92. The molecule has 1 unspecified atom stereocenters. The quantitative estimate of drug-likeness (QED) is 0.390. The molecule has 4 bridgehead atoms. The lowest BCUT2D eigenvalue weighted by atomic mass is 9.49. The van der Waals surface area contributed by atoms with Crippen molar-refractivity contribution < 1.29 is 4.74 Å². The summed E-state index contributed by atoms with van der Waals surface area (Å²) in [5, 5.41) is 3.81. The molecule has 4 aliphatic carbocycles. The first-order valence-electron chi connectivity index (χ1n) is 10.2. The van der Waals surface area contributed by atoms with E-state index in [2.05, 4.69) is 15.2 Å². The van der Waals surface area contributed by atoms with Crippen molar-refractivity contribution in [1.29, 1.82) is 0 Å². The minimum atomic E-state index is 0. The third-order valence-corrected chi connectivity index (χ3v) is 7.92. The summed E-state index contributed by atoms with van der Waals surface area (Å²) in [4.78, 5) is 7.13. The molecule has 2 saturated heterocycles. The van der Waals surface area contributed by atoms with E-state index >= 15 is 0 Å². The lowest BCUT2D eigenvalue weighted by molar-refractivity contribution is -0.0494. The minimum Gasteiger partial charge on any atom is -0.381 e. The maximum absolute atomic E-state index is 5.68. The average Bonchev–Trinajstić information content (AvgIpc) is 3.17. The first-order valence-corrected chi connectivity index (χ1v) is 10.2. The van der Waals surface area contributed by atoms with Gasteiger partial charge in [0.05, 0.1) is 6.61 Å². The summed E-state index contributed by atoms with van der Waals surface area (Å²) in [5.74, 6) is 4.25. The van der Waals surface area contributed by atoms with Crippen LogP contribution in [0.15, 0.2) is 4.99 Å². The summed E-state index contributed by atoms with van der Waals surface area (Å²) < 4.78 is 5.68. The van der Waals surface area contributed by atoms with Crippen molar-refractivity contribution in [2.24, 2.45) is 33.6 Å². The van der Waals surface area contributed by atoms with Crippen molar-refractivity contribution in [3.05, 3.63) is 0 Å². The molecule has 142 valence electrons. The highest BCUT2D eigenvalue weighted by Gasteiger charge is 2.51. The zero-order valence-electron chi connectivity index (χ0n) is 15.6.